The molecule has 0 saturated heterocycles. The summed E-state index contributed by atoms with van der Waals surface area (Å²) in [6, 6.07) is -0.660. The molecule has 0 spiro atoms. The highest BCUT2D eigenvalue weighted by molar-refractivity contribution is 6.01. The zero-order valence-corrected chi connectivity index (χ0v) is 16.4. The van der Waals surface area contributed by atoms with Gasteiger partial charge in [0, 0.05) is 6.42 Å². The van der Waals surface area contributed by atoms with E-state index in [-0.39, 0.29) is 17.5 Å². The zero-order chi connectivity index (χ0) is 19.2. The van der Waals surface area contributed by atoms with Crippen LogP contribution in [0.15, 0.2) is 5.10 Å². The number of hydrogen-bond donors (Lipinski definition) is 1. The number of urea groups is 1. The van der Waals surface area contributed by atoms with Gasteiger partial charge < -0.3 is 15.2 Å². The molecular weight excluding hydrogens is 334 g/mol. The van der Waals surface area contributed by atoms with Crippen LogP contribution in [0.5, 0.6) is 0 Å². The van der Waals surface area contributed by atoms with Gasteiger partial charge in [0.1, 0.15) is 5.92 Å². The maximum absolute atomic E-state index is 12.3. The van der Waals surface area contributed by atoms with Crippen molar-refractivity contribution in [2.75, 3.05) is 6.61 Å². The summed E-state index contributed by atoms with van der Waals surface area (Å²) in [6.45, 7) is 10.6. The van der Waals surface area contributed by atoms with Crippen molar-refractivity contribution in [3.05, 3.63) is 0 Å². The van der Waals surface area contributed by atoms with Gasteiger partial charge in [0.25, 0.3) is 0 Å². The molecule has 0 bridgehead atoms. The number of fused-ring (bicyclic) bond motifs is 1. The first-order valence-electron chi connectivity index (χ1n) is 9.64. The van der Waals surface area contributed by atoms with Crippen molar-refractivity contribution in [1.82, 2.24) is 5.01 Å². The summed E-state index contributed by atoms with van der Waals surface area (Å²) in [5.74, 6) is 0.723. The van der Waals surface area contributed by atoms with Crippen LogP contribution in [0.3, 0.4) is 0 Å². The Kier molecular flexibility index (Phi) is 5.03. The third kappa shape index (κ3) is 3.21. The lowest BCUT2D eigenvalue weighted by molar-refractivity contribution is -0.154. The molecule has 2 N–H and O–H groups in total. The minimum atomic E-state index is -0.660. The quantitative estimate of drug-likeness (QED) is 0.775. The standard InChI is InChI=1S/C19H31N3O4/c1-6-25-17(23)12-9-14(22(18(20)24)21-11(12)3)26-16-10(2)7-8-13-15(16)19(13,4)5/h10,12-16H,6-9H2,1-5H3,(H2,20,24)/t10-,12-,13+,14+,15+,16+/m0/s1. The molecule has 0 aromatic heterocycles. The minimum absolute atomic E-state index is 0.0482. The first-order valence-corrected chi connectivity index (χ1v) is 9.64. The normalized spacial score (nSPS) is 38.2. The molecule has 2 saturated carbocycles. The largest absolute Gasteiger partial charge is 0.465 e. The third-order valence-electron chi connectivity index (χ3n) is 6.58. The molecule has 7 heteroatoms. The predicted octanol–water partition coefficient (Wildman–Crippen LogP) is 2.74. The molecule has 3 rings (SSSR count). The number of hydrogen-bond acceptors (Lipinski definition) is 5. The van der Waals surface area contributed by atoms with E-state index < -0.39 is 18.2 Å². The van der Waals surface area contributed by atoms with Crippen molar-refractivity contribution in [2.24, 2.45) is 39.9 Å². The molecule has 0 unspecified atom stereocenters. The van der Waals surface area contributed by atoms with Crippen LogP contribution >= 0.6 is 0 Å². The molecule has 0 aromatic rings. The number of carbonyl (C=O) groups excluding carboxylic acids is 2. The second-order valence-electron chi connectivity index (χ2n) is 8.53. The molecule has 2 aliphatic carbocycles. The monoisotopic (exact) mass is 365 g/mol. The fourth-order valence-corrected chi connectivity index (χ4v) is 4.94. The number of carbonyl (C=O) groups is 2. The van der Waals surface area contributed by atoms with Crippen molar-refractivity contribution in [3.63, 3.8) is 0 Å². The van der Waals surface area contributed by atoms with E-state index in [2.05, 4.69) is 25.9 Å². The van der Waals surface area contributed by atoms with Gasteiger partial charge in [-0.15, -0.1) is 0 Å². The molecule has 146 valence electrons. The van der Waals surface area contributed by atoms with E-state index in [1.807, 2.05) is 0 Å². The van der Waals surface area contributed by atoms with Crippen LogP contribution in [0.1, 0.15) is 53.9 Å². The van der Waals surface area contributed by atoms with Crippen LogP contribution in [0.25, 0.3) is 0 Å². The number of esters is 1. The van der Waals surface area contributed by atoms with Gasteiger partial charge in [-0.05, 0) is 49.9 Å². The summed E-state index contributed by atoms with van der Waals surface area (Å²) in [4.78, 5) is 24.2. The van der Waals surface area contributed by atoms with Gasteiger partial charge in [-0.25, -0.2) is 4.79 Å². The molecule has 3 aliphatic rings. The Morgan fingerprint density at radius 3 is 2.65 bits per heavy atom. The lowest BCUT2D eigenvalue weighted by atomic mass is 9.87. The van der Waals surface area contributed by atoms with Crippen LogP contribution < -0.4 is 5.73 Å². The van der Waals surface area contributed by atoms with Gasteiger partial charge in [0.15, 0.2) is 6.23 Å². The molecule has 1 heterocycles. The number of primary amides is 1. The first kappa shape index (κ1) is 19.1. The molecule has 1 aliphatic heterocycles. The Morgan fingerprint density at radius 2 is 2.04 bits per heavy atom. The Labute approximate surface area is 155 Å². The highest BCUT2D eigenvalue weighted by Crippen LogP contribution is 2.66. The summed E-state index contributed by atoms with van der Waals surface area (Å²) < 4.78 is 11.6. The van der Waals surface area contributed by atoms with Gasteiger partial charge in [0.05, 0.1) is 18.4 Å². The maximum Gasteiger partial charge on any atom is 0.337 e. The lowest BCUT2D eigenvalue weighted by Gasteiger charge is -2.38. The van der Waals surface area contributed by atoms with E-state index in [0.29, 0.717) is 36.5 Å². The predicted molar refractivity (Wildman–Crippen MR) is 97.1 cm³/mol. The van der Waals surface area contributed by atoms with E-state index in [1.165, 1.54) is 11.4 Å². The molecule has 2 fully saturated rings. The third-order valence-corrected chi connectivity index (χ3v) is 6.58. The Hall–Kier alpha value is -1.63. The first-order chi connectivity index (χ1) is 12.2. The van der Waals surface area contributed by atoms with Gasteiger partial charge in [-0.1, -0.05) is 20.8 Å². The van der Waals surface area contributed by atoms with E-state index in [0.717, 1.165) is 6.42 Å². The molecule has 26 heavy (non-hydrogen) atoms. The maximum atomic E-state index is 12.3. The Morgan fingerprint density at radius 1 is 1.35 bits per heavy atom. The summed E-state index contributed by atoms with van der Waals surface area (Å²) >= 11 is 0. The van der Waals surface area contributed by atoms with Crippen molar-refractivity contribution in [1.29, 1.82) is 0 Å². The average molecular weight is 365 g/mol. The van der Waals surface area contributed by atoms with Gasteiger partial charge >= 0.3 is 12.0 Å². The highest BCUT2D eigenvalue weighted by Gasteiger charge is 2.64. The molecule has 7 nitrogen and oxygen atoms in total. The number of hydrazone groups is 1. The van der Waals surface area contributed by atoms with Crippen LogP contribution in [0.2, 0.25) is 0 Å². The Balaban J connectivity index is 1.80. The fraction of sp³-hybridized carbons (Fsp3) is 0.842. The van der Waals surface area contributed by atoms with Crippen LogP contribution in [0.4, 0.5) is 4.79 Å². The molecule has 0 radical (unpaired) electrons. The lowest BCUT2D eigenvalue weighted by Crippen LogP contribution is -2.51. The SMILES string of the molecule is CCOC(=O)[C@H]1C[C@@H](O[C@H]2[C@H]3[C@@H](CC[C@@H]2C)C3(C)C)N(C(N)=O)N=C1C. The van der Waals surface area contributed by atoms with E-state index >= 15 is 0 Å². The van der Waals surface area contributed by atoms with E-state index in [4.69, 9.17) is 15.2 Å². The second-order valence-corrected chi connectivity index (χ2v) is 8.53. The second kappa shape index (κ2) is 6.83. The molecule has 2 amide bonds. The molecular formula is C19H31N3O4. The smallest absolute Gasteiger partial charge is 0.337 e. The average Bonchev–Trinajstić information content (AvgIpc) is 3.12. The number of nitrogens with zero attached hydrogens (tertiary/aromatic N) is 2. The van der Waals surface area contributed by atoms with Crippen molar-refractivity contribution >= 4 is 17.7 Å². The number of nitrogens with two attached hydrogens (primary N) is 1. The molecule has 0 aromatic carbocycles. The van der Waals surface area contributed by atoms with E-state index in [9.17, 15) is 9.59 Å². The minimum Gasteiger partial charge on any atom is -0.465 e. The summed E-state index contributed by atoms with van der Waals surface area (Å²) in [7, 11) is 0. The Bertz CT molecular complexity index is 618. The highest BCUT2D eigenvalue weighted by atomic mass is 16.5. The summed E-state index contributed by atoms with van der Waals surface area (Å²) in [5.41, 5.74) is 6.32. The molecule has 6 atom stereocenters. The van der Waals surface area contributed by atoms with Crippen molar-refractivity contribution in [3.8, 4) is 0 Å². The summed E-state index contributed by atoms with van der Waals surface area (Å²) in [6.07, 6.45) is 2.09. The number of rotatable bonds is 4. The zero-order valence-electron chi connectivity index (χ0n) is 16.4. The fourth-order valence-electron chi connectivity index (χ4n) is 4.94. The van der Waals surface area contributed by atoms with Gasteiger partial charge in [-0.3, -0.25) is 4.79 Å². The van der Waals surface area contributed by atoms with Crippen LogP contribution in [-0.4, -0.2) is 41.7 Å². The van der Waals surface area contributed by atoms with Crippen molar-refractivity contribution < 1.29 is 19.1 Å². The van der Waals surface area contributed by atoms with Crippen molar-refractivity contribution in [2.45, 2.75) is 66.2 Å². The van der Waals surface area contributed by atoms with Gasteiger partial charge in [0.2, 0.25) is 0 Å². The topological polar surface area (TPSA) is 94.2 Å². The summed E-state index contributed by atoms with van der Waals surface area (Å²) in [5, 5.41) is 5.45. The van der Waals surface area contributed by atoms with Crippen LogP contribution in [-0.2, 0) is 14.3 Å². The van der Waals surface area contributed by atoms with E-state index in [1.54, 1.807) is 13.8 Å². The number of amides is 2. The number of ether oxygens (including phenoxy) is 2. The van der Waals surface area contributed by atoms with Gasteiger partial charge in [-0.2, -0.15) is 10.1 Å². The van der Waals surface area contributed by atoms with Crippen LogP contribution in [0, 0.1) is 29.1 Å².